The normalized spacial score (nSPS) is 17.4. The number of likely N-dealkylation sites (tertiary alicyclic amines) is 1. The lowest BCUT2D eigenvalue weighted by Gasteiger charge is -2.31. The second-order valence-electron chi connectivity index (χ2n) is 10.2. The first kappa shape index (κ1) is 27.0. The zero-order valence-corrected chi connectivity index (χ0v) is 23.0. The van der Waals surface area contributed by atoms with Gasteiger partial charge in [0.25, 0.3) is 5.91 Å². The number of likely N-dealkylation sites (N-methyl/N-ethyl adjacent to an activating group) is 1. The third-order valence-electron chi connectivity index (χ3n) is 7.24. The fourth-order valence-corrected chi connectivity index (χ4v) is 6.40. The molecule has 0 bridgehead atoms. The van der Waals surface area contributed by atoms with Crippen molar-refractivity contribution in [2.24, 2.45) is 0 Å². The summed E-state index contributed by atoms with van der Waals surface area (Å²) in [5, 5.41) is 6.64. The number of nitrogens with zero attached hydrogens (tertiary/aromatic N) is 3. The molecular weight excluding hydrogens is 555 g/mol. The van der Waals surface area contributed by atoms with Crippen LogP contribution >= 0.6 is 11.3 Å². The van der Waals surface area contributed by atoms with Crippen molar-refractivity contribution < 1.29 is 27.5 Å². The number of pyridine rings is 1. The molecule has 6 rings (SSSR count). The number of ether oxygens (including phenoxy) is 1. The smallest absolute Gasteiger partial charge is 0.419 e. The Morgan fingerprint density at radius 3 is 2.73 bits per heavy atom. The Hall–Kier alpha value is -4.16. The fraction of sp³-hybridized carbons (Fsp3) is 0.276. The summed E-state index contributed by atoms with van der Waals surface area (Å²) in [6.07, 6.45) is -1.09. The predicted molar refractivity (Wildman–Crippen MR) is 151 cm³/mol. The van der Waals surface area contributed by atoms with E-state index in [-0.39, 0.29) is 23.4 Å². The van der Waals surface area contributed by atoms with E-state index >= 15 is 0 Å². The summed E-state index contributed by atoms with van der Waals surface area (Å²) in [6.45, 7) is 3.50. The number of hydrogen-bond donors (Lipinski definition) is 2. The highest BCUT2D eigenvalue weighted by molar-refractivity contribution is 7.21. The van der Waals surface area contributed by atoms with Crippen LogP contribution in [-0.4, -0.2) is 48.0 Å². The van der Waals surface area contributed by atoms with Gasteiger partial charge in [-0.1, -0.05) is 12.1 Å². The first-order valence-corrected chi connectivity index (χ1v) is 13.9. The van der Waals surface area contributed by atoms with Crippen LogP contribution in [0.4, 0.5) is 35.0 Å². The Kier molecular flexibility index (Phi) is 6.82. The maximum atomic E-state index is 13.5. The monoisotopic (exact) mass is 581 g/mol. The van der Waals surface area contributed by atoms with Crippen LogP contribution in [0.15, 0.2) is 54.7 Å². The Bertz CT molecular complexity index is 1670. The highest BCUT2D eigenvalue weighted by Crippen LogP contribution is 2.47. The molecule has 2 N–H and O–H groups in total. The average Bonchev–Trinajstić information content (AvgIpc) is 3.29. The molecule has 41 heavy (non-hydrogen) atoms. The van der Waals surface area contributed by atoms with Gasteiger partial charge in [-0.05, 0) is 75.3 Å². The van der Waals surface area contributed by atoms with Crippen LogP contribution in [0.1, 0.15) is 33.6 Å². The minimum absolute atomic E-state index is 0.0216. The lowest BCUT2D eigenvalue weighted by molar-refractivity contribution is -0.138. The number of halogens is 3. The van der Waals surface area contributed by atoms with Crippen LogP contribution in [0, 0.1) is 6.92 Å². The van der Waals surface area contributed by atoms with E-state index in [9.17, 15) is 22.8 Å². The number of anilines is 3. The molecule has 2 aliphatic rings. The molecule has 4 heterocycles. The maximum Gasteiger partial charge on any atom is 0.419 e. The fourth-order valence-electron chi connectivity index (χ4n) is 5.38. The van der Waals surface area contributed by atoms with Gasteiger partial charge in [0.05, 0.1) is 28.0 Å². The molecule has 2 aromatic heterocycles. The molecule has 12 heteroatoms. The Balaban J connectivity index is 1.32. The van der Waals surface area contributed by atoms with Crippen molar-refractivity contribution in [2.45, 2.75) is 32.0 Å². The predicted octanol–water partition coefficient (Wildman–Crippen LogP) is 6.92. The molecule has 0 aliphatic carbocycles. The minimum atomic E-state index is -4.56. The summed E-state index contributed by atoms with van der Waals surface area (Å²) in [5.41, 5.74) is 1.22. The third kappa shape index (κ3) is 5.08. The number of nitrogens with one attached hydrogen (secondary N) is 2. The number of aromatic nitrogens is 1. The molecule has 1 atom stereocenters. The topological polar surface area (TPSA) is 86.8 Å². The van der Waals surface area contributed by atoms with Crippen LogP contribution in [0.5, 0.6) is 11.5 Å². The number of para-hydroxylation sites is 1. The Morgan fingerprint density at radius 1 is 1.17 bits per heavy atom. The van der Waals surface area contributed by atoms with Crippen molar-refractivity contribution in [1.82, 2.24) is 15.2 Å². The molecule has 0 saturated carbocycles. The number of rotatable bonds is 5. The number of carbonyl (C=O) groups excluding carboxylic acids is 2. The highest BCUT2D eigenvalue weighted by atomic mass is 32.1. The number of benzene rings is 2. The van der Waals surface area contributed by atoms with Crippen LogP contribution in [0.25, 0.3) is 10.2 Å². The lowest BCUT2D eigenvalue weighted by Crippen LogP contribution is -2.46. The van der Waals surface area contributed by atoms with Crippen molar-refractivity contribution in [3.63, 3.8) is 0 Å². The van der Waals surface area contributed by atoms with Gasteiger partial charge in [-0.15, -0.1) is 11.3 Å². The van der Waals surface area contributed by atoms with E-state index in [0.717, 1.165) is 32.0 Å². The first-order valence-electron chi connectivity index (χ1n) is 13.1. The second-order valence-corrected chi connectivity index (χ2v) is 11.2. The first-order chi connectivity index (χ1) is 19.6. The van der Waals surface area contributed by atoms with Gasteiger partial charge < -0.3 is 20.3 Å². The van der Waals surface area contributed by atoms with E-state index in [1.54, 1.807) is 31.3 Å². The summed E-state index contributed by atoms with van der Waals surface area (Å²) in [7, 11) is 2.02. The number of hydrogen-bond acceptors (Lipinski definition) is 6. The zero-order chi connectivity index (χ0) is 28.9. The number of alkyl halides is 3. The molecule has 8 nitrogen and oxygen atoms in total. The van der Waals surface area contributed by atoms with Crippen molar-refractivity contribution in [1.29, 1.82) is 0 Å². The largest absolute Gasteiger partial charge is 0.457 e. The molecule has 4 aromatic rings. The number of aryl methyl sites for hydroxylation is 1. The molecule has 0 radical (unpaired) electrons. The molecule has 1 fully saturated rings. The zero-order valence-electron chi connectivity index (χ0n) is 22.2. The van der Waals surface area contributed by atoms with Gasteiger partial charge >= 0.3 is 12.2 Å². The third-order valence-corrected chi connectivity index (χ3v) is 8.34. The average molecular weight is 582 g/mol. The van der Waals surface area contributed by atoms with Crippen LogP contribution < -0.4 is 20.3 Å². The molecule has 0 spiro atoms. The summed E-state index contributed by atoms with van der Waals surface area (Å²) in [5.74, 6) is -0.365. The minimum Gasteiger partial charge on any atom is -0.457 e. The van der Waals surface area contributed by atoms with E-state index in [2.05, 4.69) is 20.5 Å². The maximum absolute atomic E-state index is 13.5. The summed E-state index contributed by atoms with van der Waals surface area (Å²) in [4.78, 5) is 35.9. The number of amides is 3. The summed E-state index contributed by atoms with van der Waals surface area (Å²) in [6, 6.07) is 11.0. The van der Waals surface area contributed by atoms with Gasteiger partial charge in [-0.25, -0.2) is 9.78 Å². The highest BCUT2D eigenvalue weighted by Gasteiger charge is 2.35. The summed E-state index contributed by atoms with van der Waals surface area (Å²) >= 11 is 1.22. The van der Waals surface area contributed by atoms with Crippen molar-refractivity contribution >= 4 is 50.6 Å². The molecule has 1 saturated heterocycles. The second kappa shape index (κ2) is 10.3. The quantitative estimate of drug-likeness (QED) is 0.267. The Labute approximate surface area is 237 Å². The molecular formula is C29H26F3N5O3S. The van der Waals surface area contributed by atoms with E-state index in [4.69, 9.17) is 4.74 Å². The Morgan fingerprint density at radius 2 is 1.98 bits per heavy atom. The number of piperidine rings is 1. The molecule has 1 unspecified atom stereocenters. The lowest BCUT2D eigenvalue weighted by atomic mass is 10.1. The van der Waals surface area contributed by atoms with Crippen molar-refractivity contribution in [2.75, 3.05) is 30.4 Å². The van der Waals surface area contributed by atoms with Crippen LogP contribution in [0.2, 0.25) is 0 Å². The van der Waals surface area contributed by atoms with E-state index in [1.165, 1.54) is 40.5 Å². The van der Waals surface area contributed by atoms with Crippen LogP contribution in [0.3, 0.4) is 0 Å². The van der Waals surface area contributed by atoms with Crippen molar-refractivity contribution in [3.05, 3.63) is 70.7 Å². The number of thiophene rings is 1. The SMILES string of the molecule is Cc1cc(Oc2ccccc2C(F)(F)F)ccc1N1C(=O)Nc2c(C(=O)NC3CCCN(C)C3)sc3nccc1c23. The van der Waals surface area contributed by atoms with Crippen molar-refractivity contribution in [3.8, 4) is 11.5 Å². The number of urea groups is 1. The van der Waals surface area contributed by atoms with Gasteiger partial charge in [0.2, 0.25) is 0 Å². The van der Waals surface area contributed by atoms with Gasteiger partial charge in [-0.2, -0.15) is 13.2 Å². The molecule has 3 amide bonds. The molecule has 2 aromatic carbocycles. The molecule has 212 valence electrons. The van der Waals surface area contributed by atoms with Gasteiger partial charge in [0.15, 0.2) is 0 Å². The van der Waals surface area contributed by atoms with Gasteiger partial charge in [0, 0.05) is 18.8 Å². The summed E-state index contributed by atoms with van der Waals surface area (Å²) < 4.78 is 45.9. The van der Waals surface area contributed by atoms with Crippen LogP contribution in [-0.2, 0) is 6.18 Å². The van der Waals surface area contributed by atoms with E-state index in [0.29, 0.717) is 37.7 Å². The van der Waals surface area contributed by atoms with E-state index < -0.39 is 17.8 Å². The standard InChI is InChI=1S/C29H26F3N5O3S/c1-16-14-18(40-22-8-4-3-7-19(22)29(30,31)32)9-10-20(16)37-21-11-12-33-27-23(21)24(35-28(37)39)25(41-27)26(38)34-17-6-5-13-36(2)15-17/h3-4,7-12,14,17H,5-6,13,15H2,1-2H3,(H,34,38)(H,35,39). The van der Waals surface area contributed by atoms with E-state index in [1.807, 2.05) is 7.05 Å². The number of carbonyl (C=O) groups is 2. The van der Waals surface area contributed by atoms with Gasteiger partial charge in [-0.3, -0.25) is 9.69 Å². The van der Waals surface area contributed by atoms with Gasteiger partial charge in [0.1, 0.15) is 21.2 Å². The molecule has 2 aliphatic heterocycles.